The fraction of sp³-hybridized carbons (Fsp3) is 0.700. The molecule has 2 unspecified atom stereocenters. The second-order valence-electron chi connectivity index (χ2n) is 3.99. The van der Waals surface area contributed by atoms with Crippen LogP contribution in [0.1, 0.15) is 18.2 Å². The van der Waals surface area contributed by atoms with Crippen LogP contribution < -0.4 is 5.73 Å². The number of rotatable bonds is 4. The first-order valence-corrected chi connectivity index (χ1v) is 6.41. The van der Waals surface area contributed by atoms with E-state index in [0.717, 1.165) is 18.2 Å². The van der Waals surface area contributed by atoms with Gasteiger partial charge in [-0.3, -0.25) is 0 Å². The number of imidazole rings is 1. The van der Waals surface area contributed by atoms with E-state index in [1.165, 1.54) is 17.9 Å². The molecule has 1 saturated heterocycles. The van der Waals surface area contributed by atoms with Gasteiger partial charge >= 0.3 is 0 Å². The average molecular weight is 227 g/mol. The molecule has 1 aliphatic rings. The van der Waals surface area contributed by atoms with Crippen molar-refractivity contribution in [2.45, 2.75) is 19.0 Å². The summed E-state index contributed by atoms with van der Waals surface area (Å²) in [6.07, 6.45) is 4.84. The van der Waals surface area contributed by atoms with Crippen LogP contribution in [0.2, 0.25) is 0 Å². The molecule has 0 bridgehead atoms. The van der Waals surface area contributed by atoms with Gasteiger partial charge in [0.05, 0.1) is 24.7 Å². The quantitative estimate of drug-likeness (QED) is 0.792. The Bertz CT molecular complexity index is 309. The maximum Gasteiger partial charge on any atom is 0.0948 e. The standard InChI is InChI=1S/C10H17N3OS/c11-9(5-14)10-3-12-7-13(10)4-8-1-2-15-6-8/h3,7-9,14H,1-2,4-6,11H2. The molecule has 2 atom stereocenters. The lowest BCUT2D eigenvalue weighted by atomic mass is 10.1. The lowest BCUT2D eigenvalue weighted by Gasteiger charge is -2.15. The molecule has 4 nitrogen and oxygen atoms in total. The number of aliphatic hydroxyl groups is 1. The fourth-order valence-electron chi connectivity index (χ4n) is 1.89. The van der Waals surface area contributed by atoms with Gasteiger partial charge in [0.25, 0.3) is 0 Å². The van der Waals surface area contributed by atoms with Crippen molar-refractivity contribution in [3.8, 4) is 0 Å². The summed E-state index contributed by atoms with van der Waals surface area (Å²) in [5.41, 5.74) is 6.74. The van der Waals surface area contributed by atoms with Gasteiger partial charge in [-0.15, -0.1) is 0 Å². The molecule has 0 amide bonds. The summed E-state index contributed by atoms with van der Waals surface area (Å²) in [5, 5.41) is 9.02. The molecule has 84 valence electrons. The van der Waals surface area contributed by atoms with Crippen molar-refractivity contribution in [3.63, 3.8) is 0 Å². The molecule has 1 aromatic rings. The maximum absolute atomic E-state index is 9.02. The maximum atomic E-state index is 9.02. The number of nitrogens with zero attached hydrogens (tertiary/aromatic N) is 2. The molecular weight excluding hydrogens is 210 g/mol. The minimum Gasteiger partial charge on any atom is -0.394 e. The molecule has 0 spiro atoms. The predicted molar refractivity (Wildman–Crippen MR) is 61.7 cm³/mol. The van der Waals surface area contributed by atoms with Crippen LogP contribution in [-0.2, 0) is 6.54 Å². The van der Waals surface area contributed by atoms with E-state index in [1.807, 2.05) is 18.1 Å². The van der Waals surface area contributed by atoms with Gasteiger partial charge in [-0.25, -0.2) is 4.98 Å². The Kier molecular flexibility index (Phi) is 3.66. The zero-order chi connectivity index (χ0) is 10.7. The van der Waals surface area contributed by atoms with E-state index in [2.05, 4.69) is 9.55 Å². The predicted octanol–water partition coefficient (Wildman–Crippen LogP) is 0.628. The van der Waals surface area contributed by atoms with Crippen molar-refractivity contribution in [2.24, 2.45) is 11.7 Å². The molecule has 15 heavy (non-hydrogen) atoms. The van der Waals surface area contributed by atoms with Crippen LogP contribution >= 0.6 is 11.8 Å². The molecule has 0 aromatic carbocycles. The molecule has 1 fully saturated rings. The van der Waals surface area contributed by atoms with Gasteiger partial charge in [-0.05, 0) is 23.8 Å². The van der Waals surface area contributed by atoms with Gasteiger partial charge in [0.15, 0.2) is 0 Å². The average Bonchev–Trinajstić information content (AvgIpc) is 2.88. The third-order valence-electron chi connectivity index (χ3n) is 2.80. The topological polar surface area (TPSA) is 64.1 Å². The Balaban J connectivity index is 2.03. The Labute approximate surface area is 93.9 Å². The van der Waals surface area contributed by atoms with Crippen molar-refractivity contribution < 1.29 is 5.11 Å². The third-order valence-corrected chi connectivity index (χ3v) is 4.03. The van der Waals surface area contributed by atoms with E-state index in [4.69, 9.17) is 10.8 Å². The Hall–Kier alpha value is -0.520. The van der Waals surface area contributed by atoms with Crippen LogP contribution in [0.15, 0.2) is 12.5 Å². The molecule has 3 N–H and O–H groups in total. The number of aliphatic hydroxyl groups excluding tert-OH is 1. The van der Waals surface area contributed by atoms with Crippen LogP contribution in [0.5, 0.6) is 0 Å². The SMILES string of the molecule is NC(CO)c1cncn1CC1CCSC1. The van der Waals surface area contributed by atoms with Crippen molar-refractivity contribution in [1.29, 1.82) is 0 Å². The van der Waals surface area contributed by atoms with Crippen LogP contribution in [0.25, 0.3) is 0 Å². The fourth-order valence-corrected chi connectivity index (χ4v) is 3.16. The van der Waals surface area contributed by atoms with Gasteiger partial charge in [0, 0.05) is 12.7 Å². The summed E-state index contributed by atoms with van der Waals surface area (Å²) < 4.78 is 2.08. The van der Waals surface area contributed by atoms with E-state index in [1.54, 1.807) is 6.20 Å². The molecule has 0 radical (unpaired) electrons. The lowest BCUT2D eigenvalue weighted by Crippen LogP contribution is -2.20. The van der Waals surface area contributed by atoms with Gasteiger partial charge in [0.2, 0.25) is 0 Å². The molecule has 2 heterocycles. The first kappa shape index (κ1) is 11.0. The van der Waals surface area contributed by atoms with Crippen molar-refractivity contribution in [1.82, 2.24) is 9.55 Å². The molecule has 1 aliphatic heterocycles. The zero-order valence-corrected chi connectivity index (χ0v) is 9.49. The highest BCUT2D eigenvalue weighted by Gasteiger charge is 2.18. The number of aromatic nitrogens is 2. The second kappa shape index (κ2) is 5.01. The third kappa shape index (κ3) is 2.53. The minimum absolute atomic E-state index is 0.0227. The first-order valence-electron chi connectivity index (χ1n) is 5.25. The molecule has 1 aromatic heterocycles. The minimum atomic E-state index is -0.304. The zero-order valence-electron chi connectivity index (χ0n) is 8.67. The van der Waals surface area contributed by atoms with E-state index in [-0.39, 0.29) is 12.6 Å². The van der Waals surface area contributed by atoms with Gasteiger partial charge in [-0.1, -0.05) is 0 Å². The highest BCUT2D eigenvalue weighted by molar-refractivity contribution is 7.99. The normalized spacial score (nSPS) is 23.2. The number of hydrogen-bond donors (Lipinski definition) is 2. The molecule has 2 rings (SSSR count). The Morgan fingerprint density at radius 2 is 2.60 bits per heavy atom. The van der Waals surface area contributed by atoms with E-state index >= 15 is 0 Å². The van der Waals surface area contributed by atoms with Crippen molar-refractivity contribution >= 4 is 11.8 Å². The number of hydrogen-bond acceptors (Lipinski definition) is 4. The molecule has 0 aliphatic carbocycles. The molecular formula is C10H17N3OS. The molecule has 0 saturated carbocycles. The van der Waals surface area contributed by atoms with Gasteiger partial charge in [0.1, 0.15) is 0 Å². The van der Waals surface area contributed by atoms with E-state index in [0.29, 0.717) is 0 Å². The second-order valence-corrected chi connectivity index (χ2v) is 5.14. The van der Waals surface area contributed by atoms with Crippen LogP contribution in [0.3, 0.4) is 0 Å². The summed E-state index contributed by atoms with van der Waals surface area (Å²) in [6.45, 7) is 0.959. The van der Waals surface area contributed by atoms with Crippen LogP contribution in [0.4, 0.5) is 0 Å². The Morgan fingerprint density at radius 3 is 3.27 bits per heavy atom. The number of nitrogens with two attached hydrogens (primary N) is 1. The van der Waals surface area contributed by atoms with E-state index < -0.39 is 0 Å². The smallest absolute Gasteiger partial charge is 0.0948 e. The highest BCUT2D eigenvalue weighted by Crippen LogP contribution is 2.25. The van der Waals surface area contributed by atoms with Gasteiger partial charge < -0.3 is 15.4 Å². The summed E-state index contributed by atoms with van der Waals surface area (Å²) in [5.74, 6) is 3.22. The van der Waals surface area contributed by atoms with Crippen LogP contribution in [-0.4, -0.2) is 32.8 Å². The van der Waals surface area contributed by atoms with Gasteiger partial charge in [-0.2, -0.15) is 11.8 Å². The Morgan fingerprint density at radius 1 is 1.73 bits per heavy atom. The summed E-state index contributed by atoms with van der Waals surface area (Å²) in [6, 6.07) is -0.304. The van der Waals surface area contributed by atoms with Crippen molar-refractivity contribution in [3.05, 3.63) is 18.2 Å². The van der Waals surface area contributed by atoms with E-state index in [9.17, 15) is 0 Å². The van der Waals surface area contributed by atoms with Crippen molar-refractivity contribution in [2.75, 3.05) is 18.1 Å². The summed E-state index contributed by atoms with van der Waals surface area (Å²) in [7, 11) is 0. The lowest BCUT2D eigenvalue weighted by molar-refractivity contribution is 0.262. The molecule has 5 heteroatoms. The largest absolute Gasteiger partial charge is 0.394 e. The highest BCUT2D eigenvalue weighted by atomic mass is 32.2. The first-order chi connectivity index (χ1) is 7.31. The van der Waals surface area contributed by atoms with Crippen LogP contribution in [0, 0.1) is 5.92 Å². The summed E-state index contributed by atoms with van der Waals surface area (Å²) in [4.78, 5) is 4.10. The summed E-state index contributed by atoms with van der Waals surface area (Å²) >= 11 is 2.01. The number of thioether (sulfide) groups is 1. The monoisotopic (exact) mass is 227 g/mol.